The highest BCUT2D eigenvalue weighted by Crippen LogP contribution is 2.39. The number of benzene rings is 1. The molecule has 1 saturated carbocycles. The van der Waals surface area contributed by atoms with Crippen LogP contribution in [0.15, 0.2) is 34.9 Å². The first-order valence-electron chi connectivity index (χ1n) is 9.59. The summed E-state index contributed by atoms with van der Waals surface area (Å²) >= 11 is 1.76. The first kappa shape index (κ1) is 16.9. The molecular formula is C20H22N4O2S. The second-order valence-corrected chi connectivity index (χ2v) is 8.50. The Hall–Kier alpha value is -2.25. The molecule has 27 heavy (non-hydrogen) atoms. The van der Waals surface area contributed by atoms with Gasteiger partial charge in [0.15, 0.2) is 0 Å². The van der Waals surface area contributed by atoms with E-state index in [-0.39, 0.29) is 5.91 Å². The standard InChI is InChI=1S/C20H22N4O2S/c25-20(17-12-16(22-26-17)14-6-7-14)24-9-3-8-23(10-11-24)13-19-21-15-4-1-2-5-18(15)27-19/h1-2,4-5,12,14H,3,6-11,13H2. The molecule has 2 fully saturated rings. The molecule has 1 aliphatic carbocycles. The number of thiazole rings is 1. The van der Waals surface area contributed by atoms with Crippen molar-refractivity contribution in [2.75, 3.05) is 26.2 Å². The summed E-state index contributed by atoms with van der Waals surface area (Å²) in [5.74, 6) is 0.858. The molecule has 0 radical (unpaired) electrons. The zero-order valence-electron chi connectivity index (χ0n) is 15.1. The van der Waals surface area contributed by atoms with Gasteiger partial charge in [-0.3, -0.25) is 9.69 Å². The van der Waals surface area contributed by atoms with E-state index in [0.717, 1.165) is 61.7 Å². The quantitative estimate of drug-likeness (QED) is 0.691. The van der Waals surface area contributed by atoms with E-state index in [1.165, 1.54) is 4.70 Å². The number of nitrogens with zero attached hydrogens (tertiary/aromatic N) is 4. The van der Waals surface area contributed by atoms with Crippen LogP contribution in [0.1, 0.15) is 46.4 Å². The molecule has 2 aliphatic rings. The lowest BCUT2D eigenvalue weighted by molar-refractivity contribution is 0.0719. The molecule has 0 bridgehead atoms. The number of aromatic nitrogens is 2. The Morgan fingerprint density at radius 2 is 2.07 bits per heavy atom. The van der Waals surface area contributed by atoms with E-state index in [0.29, 0.717) is 18.2 Å². The van der Waals surface area contributed by atoms with E-state index in [9.17, 15) is 4.79 Å². The van der Waals surface area contributed by atoms with Gasteiger partial charge >= 0.3 is 0 Å². The fourth-order valence-corrected chi connectivity index (χ4v) is 4.64. The highest BCUT2D eigenvalue weighted by molar-refractivity contribution is 7.18. The second-order valence-electron chi connectivity index (χ2n) is 7.39. The molecule has 0 unspecified atom stereocenters. The van der Waals surface area contributed by atoms with Crippen molar-refractivity contribution in [3.63, 3.8) is 0 Å². The molecule has 3 heterocycles. The minimum absolute atomic E-state index is 0.0313. The predicted molar refractivity (Wildman–Crippen MR) is 104 cm³/mol. The van der Waals surface area contributed by atoms with E-state index in [1.807, 2.05) is 17.0 Å². The molecular weight excluding hydrogens is 360 g/mol. The molecule has 1 saturated heterocycles. The Kier molecular flexibility index (Phi) is 4.41. The summed E-state index contributed by atoms with van der Waals surface area (Å²) in [7, 11) is 0. The third-order valence-electron chi connectivity index (χ3n) is 5.31. The number of para-hydroxylation sites is 1. The second kappa shape index (κ2) is 7.05. The van der Waals surface area contributed by atoms with Crippen LogP contribution in [-0.2, 0) is 6.54 Å². The van der Waals surface area contributed by atoms with Gasteiger partial charge in [0, 0.05) is 38.2 Å². The zero-order valence-corrected chi connectivity index (χ0v) is 16.0. The monoisotopic (exact) mass is 382 g/mol. The van der Waals surface area contributed by atoms with Crippen LogP contribution < -0.4 is 0 Å². The van der Waals surface area contributed by atoms with E-state index in [2.05, 4.69) is 28.3 Å². The normalized spacial score (nSPS) is 18.7. The summed E-state index contributed by atoms with van der Waals surface area (Å²) in [6, 6.07) is 10.1. The van der Waals surface area contributed by atoms with Crippen LogP contribution in [0.4, 0.5) is 0 Å². The van der Waals surface area contributed by atoms with E-state index < -0.39 is 0 Å². The van der Waals surface area contributed by atoms with Gasteiger partial charge < -0.3 is 9.42 Å². The number of hydrogen-bond acceptors (Lipinski definition) is 6. The van der Waals surface area contributed by atoms with Crippen molar-refractivity contribution < 1.29 is 9.32 Å². The number of fused-ring (bicyclic) bond motifs is 1. The van der Waals surface area contributed by atoms with Crippen molar-refractivity contribution in [2.45, 2.75) is 31.7 Å². The van der Waals surface area contributed by atoms with Crippen molar-refractivity contribution in [3.05, 3.63) is 46.8 Å². The van der Waals surface area contributed by atoms with Crippen LogP contribution in [0.2, 0.25) is 0 Å². The zero-order chi connectivity index (χ0) is 18.2. The van der Waals surface area contributed by atoms with Crippen LogP contribution in [0.3, 0.4) is 0 Å². The number of rotatable bonds is 4. The maximum absolute atomic E-state index is 12.8. The molecule has 0 atom stereocenters. The maximum Gasteiger partial charge on any atom is 0.292 e. The van der Waals surface area contributed by atoms with Crippen LogP contribution >= 0.6 is 11.3 Å². The smallest absolute Gasteiger partial charge is 0.292 e. The van der Waals surface area contributed by atoms with Crippen molar-refractivity contribution in [2.24, 2.45) is 0 Å². The summed E-state index contributed by atoms with van der Waals surface area (Å²) in [6.45, 7) is 4.14. The van der Waals surface area contributed by atoms with Gasteiger partial charge in [0.1, 0.15) is 5.01 Å². The van der Waals surface area contributed by atoms with Crippen LogP contribution in [-0.4, -0.2) is 52.0 Å². The first-order valence-corrected chi connectivity index (χ1v) is 10.4. The molecule has 7 heteroatoms. The Bertz CT molecular complexity index is 929. The Morgan fingerprint density at radius 3 is 2.93 bits per heavy atom. The van der Waals surface area contributed by atoms with Gasteiger partial charge in [-0.05, 0) is 31.4 Å². The average molecular weight is 382 g/mol. The fourth-order valence-electron chi connectivity index (χ4n) is 3.63. The largest absolute Gasteiger partial charge is 0.351 e. The minimum atomic E-state index is -0.0313. The molecule has 0 spiro atoms. The van der Waals surface area contributed by atoms with Gasteiger partial charge in [-0.1, -0.05) is 17.3 Å². The number of carbonyl (C=O) groups excluding carboxylic acids is 1. The maximum atomic E-state index is 12.8. The van der Waals surface area contributed by atoms with Crippen molar-refractivity contribution in [1.29, 1.82) is 0 Å². The van der Waals surface area contributed by atoms with E-state index in [4.69, 9.17) is 9.51 Å². The van der Waals surface area contributed by atoms with Crippen molar-refractivity contribution >= 4 is 27.5 Å². The third kappa shape index (κ3) is 3.61. The Balaban J connectivity index is 1.22. The van der Waals surface area contributed by atoms with Crippen LogP contribution in [0.5, 0.6) is 0 Å². The fraction of sp³-hybridized carbons (Fsp3) is 0.450. The summed E-state index contributed by atoms with van der Waals surface area (Å²) in [4.78, 5) is 21.8. The molecule has 5 rings (SSSR count). The summed E-state index contributed by atoms with van der Waals surface area (Å²) in [5, 5.41) is 5.21. The van der Waals surface area contributed by atoms with Crippen molar-refractivity contribution in [3.8, 4) is 0 Å². The van der Waals surface area contributed by atoms with Gasteiger partial charge in [-0.25, -0.2) is 4.98 Å². The van der Waals surface area contributed by atoms with Crippen molar-refractivity contribution in [1.82, 2.24) is 19.9 Å². The average Bonchev–Trinajstić information content (AvgIpc) is 3.34. The summed E-state index contributed by atoms with van der Waals surface area (Å²) < 4.78 is 6.55. The van der Waals surface area contributed by atoms with Gasteiger partial charge in [0.05, 0.1) is 22.5 Å². The van der Waals surface area contributed by atoms with Gasteiger partial charge in [0.2, 0.25) is 5.76 Å². The van der Waals surface area contributed by atoms with Gasteiger partial charge in [0.25, 0.3) is 5.91 Å². The third-order valence-corrected chi connectivity index (χ3v) is 6.33. The molecule has 1 aromatic carbocycles. The molecule has 3 aromatic rings. The first-order chi connectivity index (χ1) is 13.3. The van der Waals surface area contributed by atoms with E-state index in [1.54, 1.807) is 11.3 Å². The lowest BCUT2D eigenvalue weighted by Crippen LogP contribution is -2.34. The summed E-state index contributed by atoms with van der Waals surface area (Å²) in [5.41, 5.74) is 2.01. The SMILES string of the molecule is O=C(c1cc(C2CC2)no1)N1CCCN(Cc2nc3ccccc3s2)CC1. The highest BCUT2D eigenvalue weighted by atomic mass is 32.1. The molecule has 6 nitrogen and oxygen atoms in total. The van der Waals surface area contributed by atoms with Gasteiger partial charge in [-0.2, -0.15) is 0 Å². The molecule has 2 aromatic heterocycles. The lowest BCUT2D eigenvalue weighted by Gasteiger charge is -2.20. The lowest BCUT2D eigenvalue weighted by atomic mass is 10.2. The topological polar surface area (TPSA) is 62.5 Å². The Morgan fingerprint density at radius 1 is 1.19 bits per heavy atom. The van der Waals surface area contributed by atoms with E-state index >= 15 is 0 Å². The summed E-state index contributed by atoms with van der Waals surface area (Å²) in [6.07, 6.45) is 3.27. The van der Waals surface area contributed by atoms with Crippen LogP contribution in [0.25, 0.3) is 10.2 Å². The molecule has 1 amide bonds. The molecule has 0 N–H and O–H groups in total. The van der Waals surface area contributed by atoms with Gasteiger partial charge in [-0.15, -0.1) is 11.3 Å². The number of amides is 1. The number of carbonyl (C=O) groups is 1. The molecule has 140 valence electrons. The van der Waals surface area contributed by atoms with Crippen LogP contribution in [0, 0.1) is 0 Å². The Labute approximate surface area is 161 Å². The predicted octanol–water partition coefficient (Wildman–Crippen LogP) is 3.51. The molecule has 1 aliphatic heterocycles. The minimum Gasteiger partial charge on any atom is -0.351 e. The highest BCUT2D eigenvalue weighted by Gasteiger charge is 2.30. The number of hydrogen-bond donors (Lipinski definition) is 0.